The van der Waals surface area contributed by atoms with E-state index in [0.717, 1.165) is 11.4 Å². The summed E-state index contributed by atoms with van der Waals surface area (Å²) in [6.45, 7) is 0. The number of hydrogen-bond acceptors (Lipinski definition) is 13. The largest absolute Gasteiger partial charge is 0.293 e. The Bertz CT molecular complexity index is 3140. The minimum absolute atomic E-state index is 0.291. The summed E-state index contributed by atoms with van der Waals surface area (Å²) in [5.74, 6) is 1.32. The van der Waals surface area contributed by atoms with Gasteiger partial charge in [-0.05, 0) is 36.4 Å². The Morgan fingerprint density at radius 3 is 1.37 bits per heavy atom. The Labute approximate surface area is 296 Å². The highest BCUT2D eigenvalue weighted by molar-refractivity contribution is 7.25. The smallest absolute Gasteiger partial charge is 0.266 e. The number of thiophene rings is 2. The average Bonchev–Trinajstić information content (AvgIpc) is 3.97. The maximum absolute atomic E-state index is 14.0. The highest BCUT2D eigenvalue weighted by atomic mass is 32.1. The van der Waals surface area contributed by atoms with Crippen LogP contribution in [0, 0.1) is 0 Å². The standard InChI is InChI=1S/C35H17N13O2S2/c49-32-26-22(24-30(51-26)38-16-14-36-24)41-34-45(18-8-3-1-4-9-18)28(43-47(32)34)20-12-7-13-21(40-20)29-44-48-33(50)27-23(25-31(52-27)39-17-15-37-25)42-35(48)46(29)19-10-5-2-6-11-19/h1-17H. The number of nitrogens with zero attached hydrogens (tertiary/aromatic N) is 13. The fourth-order valence-electron chi connectivity index (χ4n) is 6.38. The van der Waals surface area contributed by atoms with Crippen molar-refractivity contribution in [3.63, 3.8) is 0 Å². The van der Waals surface area contributed by atoms with Gasteiger partial charge < -0.3 is 0 Å². The molecule has 11 rings (SSSR count). The van der Waals surface area contributed by atoms with Crippen molar-refractivity contribution in [2.24, 2.45) is 0 Å². The Kier molecular flexibility index (Phi) is 5.90. The molecular formula is C35H17N13O2S2. The highest BCUT2D eigenvalue weighted by Gasteiger charge is 2.25. The van der Waals surface area contributed by atoms with Crippen LogP contribution in [-0.2, 0) is 0 Å². The first-order valence-corrected chi connectivity index (χ1v) is 17.4. The maximum Gasteiger partial charge on any atom is 0.293 e. The molecule has 52 heavy (non-hydrogen) atoms. The molecule has 2 aromatic carbocycles. The van der Waals surface area contributed by atoms with Gasteiger partial charge in [0.25, 0.3) is 11.1 Å². The lowest BCUT2D eigenvalue weighted by Crippen LogP contribution is -2.15. The number of rotatable bonds is 4. The van der Waals surface area contributed by atoms with Crippen LogP contribution in [0.4, 0.5) is 0 Å². The fraction of sp³-hybridized carbons (Fsp3) is 0. The first-order valence-electron chi connectivity index (χ1n) is 15.8. The van der Waals surface area contributed by atoms with Gasteiger partial charge in [0.2, 0.25) is 11.6 Å². The molecule has 246 valence electrons. The third-order valence-electron chi connectivity index (χ3n) is 8.63. The van der Waals surface area contributed by atoms with Gasteiger partial charge in [-0.2, -0.15) is 9.03 Å². The van der Waals surface area contributed by atoms with Crippen molar-refractivity contribution in [1.29, 1.82) is 0 Å². The van der Waals surface area contributed by atoms with Crippen LogP contribution in [0.25, 0.3) is 87.1 Å². The maximum atomic E-state index is 14.0. The van der Waals surface area contributed by atoms with E-state index in [1.807, 2.05) is 66.7 Å². The third kappa shape index (κ3) is 4.02. The van der Waals surface area contributed by atoms with Gasteiger partial charge in [-0.3, -0.25) is 18.7 Å². The molecule has 0 saturated carbocycles. The Morgan fingerprint density at radius 2 is 0.904 bits per heavy atom. The van der Waals surface area contributed by atoms with Gasteiger partial charge in [0.05, 0.1) is 11.4 Å². The molecule has 0 bridgehead atoms. The molecule has 0 saturated heterocycles. The van der Waals surface area contributed by atoms with E-state index in [0.29, 0.717) is 75.7 Å². The molecule has 11 aromatic rings. The molecule has 0 unspecified atom stereocenters. The van der Waals surface area contributed by atoms with Crippen molar-refractivity contribution >= 4 is 75.4 Å². The van der Waals surface area contributed by atoms with Gasteiger partial charge in [0.15, 0.2) is 11.6 Å². The zero-order valence-corrected chi connectivity index (χ0v) is 27.9. The molecule has 9 heterocycles. The normalized spacial score (nSPS) is 12.0. The first kappa shape index (κ1) is 28.7. The van der Waals surface area contributed by atoms with E-state index in [-0.39, 0.29) is 11.1 Å². The predicted octanol–water partition coefficient (Wildman–Crippen LogP) is 5.12. The topological polar surface area (TPSA) is 169 Å². The fourth-order valence-corrected chi connectivity index (χ4v) is 8.31. The van der Waals surface area contributed by atoms with Crippen LogP contribution in [0.15, 0.2) is 113 Å². The summed E-state index contributed by atoms with van der Waals surface area (Å²) in [6, 6.07) is 24.5. The molecule has 0 N–H and O–H groups in total. The Balaban J connectivity index is 1.18. The zero-order valence-electron chi connectivity index (χ0n) is 26.3. The van der Waals surface area contributed by atoms with Crippen molar-refractivity contribution in [2.45, 2.75) is 0 Å². The summed E-state index contributed by atoms with van der Waals surface area (Å²) in [5.41, 5.74) is 3.64. The van der Waals surface area contributed by atoms with E-state index < -0.39 is 0 Å². The predicted molar refractivity (Wildman–Crippen MR) is 196 cm³/mol. The lowest BCUT2D eigenvalue weighted by Gasteiger charge is -2.09. The van der Waals surface area contributed by atoms with E-state index in [9.17, 15) is 9.59 Å². The van der Waals surface area contributed by atoms with Gasteiger partial charge in [0, 0.05) is 24.8 Å². The van der Waals surface area contributed by atoms with Gasteiger partial charge in [-0.25, -0.2) is 34.9 Å². The van der Waals surface area contributed by atoms with Crippen LogP contribution in [0.3, 0.4) is 0 Å². The summed E-state index contributed by atoms with van der Waals surface area (Å²) < 4.78 is 6.96. The van der Waals surface area contributed by atoms with Gasteiger partial charge in [-0.1, -0.05) is 42.5 Å². The van der Waals surface area contributed by atoms with Gasteiger partial charge >= 0.3 is 0 Å². The van der Waals surface area contributed by atoms with E-state index in [1.54, 1.807) is 46.1 Å². The minimum Gasteiger partial charge on any atom is -0.266 e. The molecule has 0 aliphatic rings. The van der Waals surface area contributed by atoms with Crippen molar-refractivity contribution in [1.82, 2.24) is 63.3 Å². The van der Waals surface area contributed by atoms with Crippen LogP contribution in [0.5, 0.6) is 0 Å². The number of hydrogen-bond donors (Lipinski definition) is 0. The van der Waals surface area contributed by atoms with Crippen LogP contribution < -0.4 is 11.1 Å². The molecule has 9 aromatic heterocycles. The number of aromatic nitrogens is 13. The van der Waals surface area contributed by atoms with E-state index in [2.05, 4.69) is 19.9 Å². The number of pyridine rings is 1. The van der Waals surface area contributed by atoms with Crippen molar-refractivity contribution in [2.75, 3.05) is 0 Å². The van der Waals surface area contributed by atoms with Crippen LogP contribution in [0.2, 0.25) is 0 Å². The summed E-state index contributed by atoms with van der Waals surface area (Å²) in [4.78, 5) is 61.8. The molecule has 0 spiro atoms. The first-order chi connectivity index (χ1) is 25.6. The van der Waals surface area contributed by atoms with Gasteiger partial charge in [0.1, 0.15) is 52.5 Å². The highest BCUT2D eigenvalue weighted by Crippen LogP contribution is 2.32. The van der Waals surface area contributed by atoms with Gasteiger partial charge in [-0.15, -0.1) is 32.9 Å². The molecule has 15 nitrogen and oxygen atoms in total. The van der Waals surface area contributed by atoms with E-state index >= 15 is 0 Å². The second-order valence-electron chi connectivity index (χ2n) is 11.6. The van der Waals surface area contributed by atoms with Crippen molar-refractivity contribution in [3.05, 3.63) is 124 Å². The number of para-hydroxylation sites is 2. The second kappa shape index (κ2) is 10.7. The minimum atomic E-state index is -0.342. The molecule has 0 fully saturated rings. The SMILES string of the molecule is O=c1c2sc3nccnc3c2nc2n(-c3ccccc3)c(-c3cccc(-c4nn5c(=O)c6sc7nccnc7c6nc5n4-c4ccccc4)n3)nn12. The van der Waals surface area contributed by atoms with Crippen molar-refractivity contribution < 1.29 is 0 Å². The molecule has 0 amide bonds. The lowest BCUT2D eigenvalue weighted by molar-refractivity contribution is 0.915. The summed E-state index contributed by atoms with van der Waals surface area (Å²) >= 11 is 2.46. The summed E-state index contributed by atoms with van der Waals surface area (Å²) in [7, 11) is 0. The Morgan fingerprint density at radius 1 is 0.462 bits per heavy atom. The number of fused-ring (bicyclic) bond motifs is 8. The van der Waals surface area contributed by atoms with Crippen molar-refractivity contribution in [3.8, 4) is 34.4 Å². The number of benzene rings is 2. The van der Waals surface area contributed by atoms with Crippen LogP contribution in [0.1, 0.15) is 0 Å². The van der Waals surface area contributed by atoms with E-state index in [1.165, 1.54) is 31.7 Å². The van der Waals surface area contributed by atoms with E-state index in [4.69, 9.17) is 25.1 Å². The molecular weight excluding hydrogens is 699 g/mol. The second-order valence-corrected chi connectivity index (χ2v) is 13.6. The Hall–Kier alpha value is -7.11. The molecule has 17 heteroatoms. The summed E-state index contributed by atoms with van der Waals surface area (Å²) in [6.07, 6.45) is 6.34. The molecule has 0 atom stereocenters. The molecule has 0 aliphatic heterocycles. The average molecular weight is 716 g/mol. The third-order valence-corrected chi connectivity index (χ3v) is 10.8. The quantitative estimate of drug-likeness (QED) is 0.237. The lowest BCUT2D eigenvalue weighted by atomic mass is 10.2. The van der Waals surface area contributed by atoms with Crippen LogP contribution in [-0.4, -0.2) is 63.3 Å². The molecule has 0 aliphatic carbocycles. The van der Waals surface area contributed by atoms with Crippen LogP contribution >= 0.6 is 22.7 Å². The zero-order chi connectivity index (χ0) is 34.5. The molecule has 0 radical (unpaired) electrons. The summed E-state index contributed by atoms with van der Waals surface area (Å²) in [5, 5.41) is 9.62. The monoisotopic (exact) mass is 715 g/mol.